The van der Waals surface area contributed by atoms with Gasteiger partial charge in [0.15, 0.2) is 0 Å². The fraction of sp³-hybridized carbons (Fsp3) is 0.533. The molecule has 0 spiro atoms. The fourth-order valence-electron chi connectivity index (χ4n) is 2.74. The van der Waals surface area contributed by atoms with Gasteiger partial charge in [-0.05, 0) is 49.4 Å². The Kier molecular flexibility index (Phi) is 3.07. The Bertz CT molecular complexity index is 508. The molecule has 1 aromatic rings. The average molecular weight is 259 g/mol. The van der Waals surface area contributed by atoms with E-state index >= 15 is 0 Å². The molecule has 0 unspecified atom stereocenters. The van der Waals surface area contributed by atoms with E-state index in [1.807, 2.05) is 4.90 Å². The summed E-state index contributed by atoms with van der Waals surface area (Å²) in [4.78, 5) is 14.0. The summed E-state index contributed by atoms with van der Waals surface area (Å²) in [6.45, 7) is 1.32. The summed E-state index contributed by atoms with van der Waals surface area (Å²) in [5.74, 6) is 0.204. The number of amides is 1. The molecule has 3 rings (SSSR count). The molecule has 1 amide bonds. The molecule has 1 aliphatic heterocycles. The summed E-state index contributed by atoms with van der Waals surface area (Å²) in [7, 11) is 0. The van der Waals surface area contributed by atoms with Crippen LogP contribution in [0, 0.1) is 0 Å². The standard InChI is InChI=1S/C15H21N3O/c16-8-5-11-1-3-13-12(9-11)2-4-14(19)18(13)10-15(17)6-7-15/h1,3,9H,2,4-8,10,16-17H2. The number of hydrogen-bond donors (Lipinski definition) is 2. The van der Waals surface area contributed by atoms with Crippen molar-refractivity contribution in [1.29, 1.82) is 0 Å². The number of hydrogen-bond acceptors (Lipinski definition) is 3. The second-order valence-electron chi connectivity index (χ2n) is 5.84. The Labute approximate surface area is 113 Å². The molecule has 4 nitrogen and oxygen atoms in total. The van der Waals surface area contributed by atoms with Crippen LogP contribution in [-0.2, 0) is 17.6 Å². The van der Waals surface area contributed by atoms with Crippen molar-refractivity contribution in [3.05, 3.63) is 29.3 Å². The zero-order valence-electron chi connectivity index (χ0n) is 11.2. The molecule has 1 aliphatic carbocycles. The highest BCUT2D eigenvalue weighted by molar-refractivity contribution is 5.96. The SMILES string of the molecule is NCCc1ccc2c(c1)CCC(=O)N2CC1(N)CC1. The number of nitrogens with zero attached hydrogens (tertiary/aromatic N) is 1. The summed E-state index contributed by atoms with van der Waals surface area (Å²) in [6, 6.07) is 6.33. The number of rotatable bonds is 4. The van der Waals surface area contributed by atoms with Crippen LogP contribution >= 0.6 is 0 Å². The van der Waals surface area contributed by atoms with Crippen molar-refractivity contribution >= 4 is 11.6 Å². The van der Waals surface area contributed by atoms with Gasteiger partial charge in [0.05, 0.1) is 0 Å². The van der Waals surface area contributed by atoms with Gasteiger partial charge in [0.1, 0.15) is 0 Å². The monoisotopic (exact) mass is 259 g/mol. The normalized spacial score (nSPS) is 20.3. The van der Waals surface area contributed by atoms with E-state index in [1.54, 1.807) is 0 Å². The van der Waals surface area contributed by atoms with Gasteiger partial charge in [-0.25, -0.2) is 0 Å². The lowest BCUT2D eigenvalue weighted by Gasteiger charge is -2.32. The Balaban J connectivity index is 1.88. The summed E-state index contributed by atoms with van der Waals surface area (Å²) >= 11 is 0. The molecule has 0 aromatic heterocycles. The molecule has 102 valence electrons. The minimum Gasteiger partial charge on any atom is -0.330 e. The van der Waals surface area contributed by atoms with Crippen molar-refractivity contribution in [2.45, 2.75) is 37.6 Å². The lowest BCUT2D eigenvalue weighted by molar-refractivity contribution is -0.119. The van der Waals surface area contributed by atoms with E-state index in [9.17, 15) is 4.79 Å². The number of anilines is 1. The third kappa shape index (κ3) is 2.51. The van der Waals surface area contributed by atoms with Gasteiger partial charge in [-0.3, -0.25) is 4.79 Å². The van der Waals surface area contributed by atoms with E-state index in [-0.39, 0.29) is 11.4 Å². The number of benzene rings is 1. The first-order chi connectivity index (χ1) is 9.11. The lowest BCUT2D eigenvalue weighted by Crippen LogP contribution is -2.45. The zero-order valence-corrected chi connectivity index (χ0v) is 11.2. The molecule has 0 radical (unpaired) electrons. The van der Waals surface area contributed by atoms with Crippen LogP contribution in [0.4, 0.5) is 5.69 Å². The minimum absolute atomic E-state index is 0.139. The lowest BCUT2D eigenvalue weighted by atomic mass is 9.97. The Morgan fingerprint density at radius 3 is 2.74 bits per heavy atom. The number of carbonyl (C=O) groups is 1. The molecule has 1 saturated carbocycles. The van der Waals surface area contributed by atoms with E-state index in [4.69, 9.17) is 11.5 Å². The Morgan fingerprint density at radius 2 is 2.05 bits per heavy atom. The van der Waals surface area contributed by atoms with Crippen molar-refractivity contribution in [2.75, 3.05) is 18.0 Å². The van der Waals surface area contributed by atoms with Crippen LogP contribution in [0.15, 0.2) is 18.2 Å². The topological polar surface area (TPSA) is 72.4 Å². The third-order valence-corrected chi connectivity index (χ3v) is 4.14. The van der Waals surface area contributed by atoms with Gasteiger partial charge in [-0.15, -0.1) is 0 Å². The van der Waals surface area contributed by atoms with Crippen LogP contribution in [-0.4, -0.2) is 24.5 Å². The minimum atomic E-state index is -0.139. The number of nitrogens with two attached hydrogens (primary N) is 2. The number of aryl methyl sites for hydroxylation is 1. The molecule has 4 N–H and O–H groups in total. The molecule has 1 aromatic carbocycles. The summed E-state index contributed by atoms with van der Waals surface area (Å²) in [6.07, 6.45) is 4.37. The van der Waals surface area contributed by atoms with Gasteiger partial charge in [-0.2, -0.15) is 0 Å². The van der Waals surface area contributed by atoms with E-state index in [0.29, 0.717) is 19.5 Å². The van der Waals surface area contributed by atoms with Crippen molar-refractivity contribution in [1.82, 2.24) is 0 Å². The van der Waals surface area contributed by atoms with Gasteiger partial charge in [0.2, 0.25) is 5.91 Å². The molecule has 0 bridgehead atoms. The molecule has 1 fully saturated rings. The van der Waals surface area contributed by atoms with Crippen LogP contribution in [0.1, 0.15) is 30.4 Å². The van der Waals surface area contributed by atoms with Gasteiger partial charge in [0.25, 0.3) is 0 Å². The van der Waals surface area contributed by atoms with Crippen molar-refractivity contribution in [2.24, 2.45) is 11.5 Å². The van der Waals surface area contributed by atoms with Gasteiger partial charge in [-0.1, -0.05) is 12.1 Å². The van der Waals surface area contributed by atoms with Crippen LogP contribution in [0.5, 0.6) is 0 Å². The first-order valence-electron chi connectivity index (χ1n) is 7.02. The molecule has 2 aliphatic rings. The Morgan fingerprint density at radius 1 is 1.26 bits per heavy atom. The largest absolute Gasteiger partial charge is 0.330 e. The number of carbonyl (C=O) groups excluding carboxylic acids is 1. The molecular weight excluding hydrogens is 238 g/mol. The maximum absolute atomic E-state index is 12.1. The highest BCUT2D eigenvalue weighted by Gasteiger charge is 2.42. The molecule has 0 saturated heterocycles. The van der Waals surface area contributed by atoms with Crippen molar-refractivity contribution in [3.63, 3.8) is 0 Å². The van der Waals surface area contributed by atoms with Crippen molar-refractivity contribution in [3.8, 4) is 0 Å². The van der Waals surface area contributed by atoms with Gasteiger partial charge in [0, 0.05) is 24.2 Å². The average Bonchev–Trinajstić information content (AvgIpc) is 3.11. The quantitative estimate of drug-likeness (QED) is 0.846. The molecule has 4 heteroatoms. The number of fused-ring (bicyclic) bond motifs is 1. The molecular formula is C15H21N3O. The first kappa shape index (κ1) is 12.6. The van der Waals surface area contributed by atoms with Crippen LogP contribution in [0.3, 0.4) is 0 Å². The molecule has 0 atom stereocenters. The maximum Gasteiger partial charge on any atom is 0.227 e. The molecule has 1 heterocycles. The first-order valence-corrected chi connectivity index (χ1v) is 7.02. The van der Waals surface area contributed by atoms with Gasteiger partial charge < -0.3 is 16.4 Å². The third-order valence-electron chi connectivity index (χ3n) is 4.14. The van der Waals surface area contributed by atoms with Crippen LogP contribution in [0.2, 0.25) is 0 Å². The Hall–Kier alpha value is -1.39. The predicted octanol–water partition coefficient (Wildman–Crippen LogP) is 0.958. The van der Waals surface area contributed by atoms with E-state index < -0.39 is 0 Å². The van der Waals surface area contributed by atoms with Crippen molar-refractivity contribution < 1.29 is 4.79 Å². The van der Waals surface area contributed by atoms with E-state index in [0.717, 1.165) is 31.4 Å². The van der Waals surface area contributed by atoms with Crippen LogP contribution in [0.25, 0.3) is 0 Å². The maximum atomic E-state index is 12.1. The summed E-state index contributed by atoms with van der Waals surface area (Å²) in [5, 5.41) is 0. The van der Waals surface area contributed by atoms with Gasteiger partial charge >= 0.3 is 0 Å². The fourth-order valence-corrected chi connectivity index (χ4v) is 2.74. The second kappa shape index (κ2) is 4.62. The predicted molar refractivity (Wildman–Crippen MR) is 76.0 cm³/mol. The highest BCUT2D eigenvalue weighted by Crippen LogP contribution is 2.37. The van der Waals surface area contributed by atoms with E-state index in [2.05, 4.69) is 18.2 Å². The second-order valence-corrected chi connectivity index (χ2v) is 5.84. The van der Waals surface area contributed by atoms with Crippen LogP contribution < -0.4 is 16.4 Å². The smallest absolute Gasteiger partial charge is 0.227 e. The van der Waals surface area contributed by atoms with E-state index in [1.165, 1.54) is 11.1 Å². The summed E-state index contributed by atoms with van der Waals surface area (Å²) < 4.78 is 0. The summed E-state index contributed by atoms with van der Waals surface area (Å²) in [5.41, 5.74) is 15.2. The molecule has 19 heavy (non-hydrogen) atoms. The highest BCUT2D eigenvalue weighted by atomic mass is 16.2. The zero-order chi connectivity index (χ0) is 13.5.